The molecule has 190 valence electrons. The van der Waals surface area contributed by atoms with Gasteiger partial charge in [-0.15, -0.1) is 0 Å². The van der Waals surface area contributed by atoms with Gasteiger partial charge in [0.25, 0.3) is 11.9 Å². The van der Waals surface area contributed by atoms with Crippen LogP contribution in [0.15, 0.2) is 73.2 Å². The van der Waals surface area contributed by atoms with Gasteiger partial charge in [0, 0.05) is 18.6 Å². The van der Waals surface area contributed by atoms with Crippen molar-refractivity contribution in [2.24, 2.45) is 0 Å². The number of nitrogens with zero attached hydrogens (tertiary/aromatic N) is 4. The molecule has 1 amide bonds. The number of nitrogens with one attached hydrogen (secondary N) is 1. The van der Waals surface area contributed by atoms with Crippen LogP contribution in [0.1, 0.15) is 26.3 Å². The quantitative estimate of drug-likeness (QED) is 0.243. The second-order valence-corrected chi connectivity index (χ2v) is 7.60. The van der Waals surface area contributed by atoms with Crippen molar-refractivity contribution in [2.75, 3.05) is 27.4 Å². The van der Waals surface area contributed by atoms with E-state index in [-0.39, 0.29) is 37.2 Å². The second-order valence-electron chi connectivity index (χ2n) is 7.60. The van der Waals surface area contributed by atoms with Crippen molar-refractivity contribution in [3.8, 4) is 23.3 Å². The average molecular weight is 504 g/mol. The first-order valence-electron chi connectivity index (χ1n) is 11.3. The van der Waals surface area contributed by atoms with E-state index in [4.69, 9.17) is 14.2 Å². The van der Waals surface area contributed by atoms with Crippen LogP contribution in [0, 0.1) is 0 Å². The molecule has 4 aromatic rings. The molecule has 4 rings (SSSR count). The predicted molar refractivity (Wildman–Crippen MR) is 132 cm³/mol. The summed E-state index contributed by atoms with van der Waals surface area (Å²) in [6.45, 7) is 0.610. The molecule has 0 aliphatic carbocycles. The zero-order chi connectivity index (χ0) is 26.0. The third-order valence-corrected chi connectivity index (χ3v) is 5.16. The molecule has 2 heterocycles. The number of methoxy groups -OCH3 is 2. The third-order valence-electron chi connectivity index (χ3n) is 5.16. The molecule has 0 aliphatic rings. The molecule has 0 radical (unpaired) electrons. The largest absolute Gasteiger partial charge is 0.497 e. The van der Waals surface area contributed by atoms with Gasteiger partial charge >= 0.3 is 5.97 Å². The lowest BCUT2D eigenvalue weighted by Crippen LogP contribution is -2.29. The van der Waals surface area contributed by atoms with Crippen LogP contribution in [0.2, 0.25) is 0 Å². The number of hydrogen-bond donors (Lipinski definition) is 1. The van der Waals surface area contributed by atoms with Crippen LogP contribution in [0.4, 0.5) is 0 Å². The lowest BCUT2D eigenvalue weighted by atomic mass is 10.2. The van der Waals surface area contributed by atoms with E-state index in [1.165, 1.54) is 18.0 Å². The summed E-state index contributed by atoms with van der Waals surface area (Å²) in [6.07, 6.45) is 4.69. The highest BCUT2D eigenvalue weighted by atomic mass is 16.5. The second kappa shape index (κ2) is 12.2. The molecule has 0 bridgehead atoms. The van der Waals surface area contributed by atoms with Crippen LogP contribution in [0.5, 0.6) is 17.4 Å². The SMILES string of the molecule is COC(=O)c1ccc(OCCNC(=O)c2cnc(-n3cccn3)nc2OCc2ccc(OC)cc2)cc1. The molecule has 2 aromatic heterocycles. The van der Waals surface area contributed by atoms with Crippen molar-refractivity contribution in [3.05, 3.63) is 89.9 Å². The number of ether oxygens (including phenoxy) is 4. The minimum atomic E-state index is -0.426. The zero-order valence-corrected chi connectivity index (χ0v) is 20.3. The standard InChI is InChI=1S/C26H25N5O6/c1-34-20-8-4-18(5-9-20)17-37-24-22(16-28-26(30-24)31-14-3-12-29-31)23(32)27-13-15-36-21-10-6-19(7-11-21)25(33)35-2/h3-12,14,16H,13,15,17H2,1-2H3,(H,27,32). The highest BCUT2D eigenvalue weighted by molar-refractivity contribution is 5.96. The maximum absolute atomic E-state index is 12.9. The molecule has 11 heteroatoms. The maximum Gasteiger partial charge on any atom is 0.337 e. The van der Waals surface area contributed by atoms with Gasteiger partial charge in [-0.3, -0.25) is 4.79 Å². The van der Waals surface area contributed by atoms with Crippen molar-refractivity contribution in [2.45, 2.75) is 6.61 Å². The molecule has 2 aromatic carbocycles. The number of benzene rings is 2. The lowest BCUT2D eigenvalue weighted by Gasteiger charge is -2.13. The highest BCUT2D eigenvalue weighted by Gasteiger charge is 2.17. The van der Waals surface area contributed by atoms with Crippen molar-refractivity contribution >= 4 is 11.9 Å². The van der Waals surface area contributed by atoms with Gasteiger partial charge in [-0.25, -0.2) is 14.5 Å². The minimum Gasteiger partial charge on any atom is -0.497 e. The van der Waals surface area contributed by atoms with E-state index >= 15 is 0 Å². The molecule has 1 N–H and O–H groups in total. The first kappa shape index (κ1) is 25.2. The Bertz CT molecular complexity index is 1320. The molecule has 0 unspecified atom stereocenters. The van der Waals surface area contributed by atoms with Crippen LogP contribution in [-0.2, 0) is 11.3 Å². The summed E-state index contributed by atoms with van der Waals surface area (Å²) in [6, 6.07) is 15.6. The van der Waals surface area contributed by atoms with Gasteiger partial charge in [0.15, 0.2) is 0 Å². The summed E-state index contributed by atoms with van der Waals surface area (Å²) >= 11 is 0. The molecule has 0 aliphatic heterocycles. The number of carbonyl (C=O) groups excluding carboxylic acids is 2. The van der Waals surface area contributed by atoms with Gasteiger partial charge in [-0.1, -0.05) is 12.1 Å². The first-order chi connectivity index (χ1) is 18.1. The van der Waals surface area contributed by atoms with Gasteiger partial charge < -0.3 is 24.3 Å². The van der Waals surface area contributed by atoms with Crippen LogP contribution in [0.3, 0.4) is 0 Å². The normalized spacial score (nSPS) is 10.4. The lowest BCUT2D eigenvalue weighted by molar-refractivity contribution is 0.0600. The van der Waals surface area contributed by atoms with Gasteiger partial charge in [0.1, 0.15) is 30.3 Å². The van der Waals surface area contributed by atoms with E-state index in [2.05, 4.69) is 25.1 Å². The molecule has 0 atom stereocenters. The first-order valence-corrected chi connectivity index (χ1v) is 11.3. The van der Waals surface area contributed by atoms with E-state index in [0.717, 1.165) is 11.3 Å². The number of hydrogen-bond acceptors (Lipinski definition) is 9. The number of amides is 1. The Balaban J connectivity index is 1.39. The monoisotopic (exact) mass is 503 g/mol. The number of esters is 1. The summed E-state index contributed by atoms with van der Waals surface area (Å²) in [4.78, 5) is 33.1. The predicted octanol–water partition coefficient (Wildman–Crippen LogP) is 2.85. The van der Waals surface area contributed by atoms with E-state index < -0.39 is 11.9 Å². The van der Waals surface area contributed by atoms with Crippen LogP contribution < -0.4 is 19.5 Å². The summed E-state index contributed by atoms with van der Waals surface area (Å²) in [7, 11) is 2.92. The Morgan fingerprint density at radius 1 is 0.973 bits per heavy atom. The molecule has 37 heavy (non-hydrogen) atoms. The number of rotatable bonds is 11. The molecule has 0 saturated heterocycles. The van der Waals surface area contributed by atoms with Gasteiger partial charge in [-0.05, 0) is 48.0 Å². The van der Waals surface area contributed by atoms with E-state index in [1.807, 2.05) is 24.3 Å². The van der Waals surface area contributed by atoms with Crippen LogP contribution in [0.25, 0.3) is 5.95 Å². The Morgan fingerprint density at radius 2 is 1.73 bits per heavy atom. The van der Waals surface area contributed by atoms with Crippen molar-refractivity contribution in [1.29, 1.82) is 0 Å². The van der Waals surface area contributed by atoms with Gasteiger partial charge in [0.2, 0.25) is 5.88 Å². The molecule has 11 nitrogen and oxygen atoms in total. The van der Waals surface area contributed by atoms with Crippen LogP contribution >= 0.6 is 0 Å². The Hall–Kier alpha value is -4.93. The summed E-state index contributed by atoms with van der Waals surface area (Å²) < 4.78 is 22.9. The average Bonchev–Trinajstić information content (AvgIpc) is 3.49. The Morgan fingerprint density at radius 3 is 2.41 bits per heavy atom. The molecular weight excluding hydrogens is 478 g/mol. The minimum absolute atomic E-state index is 0.119. The summed E-state index contributed by atoms with van der Waals surface area (Å²) in [5.74, 6) is 0.829. The molecule has 0 fully saturated rings. The molecule has 0 spiro atoms. The van der Waals surface area contributed by atoms with E-state index in [1.54, 1.807) is 49.8 Å². The number of carbonyl (C=O) groups is 2. The summed E-state index contributed by atoms with van der Waals surface area (Å²) in [5, 5.41) is 6.91. The van der Waals surface area contributed by atoms with E-state index in [0.29, 0.717) is 11.3 Å². The van der Waals surface area contributed by atoms with Gasteiger partial charge in [-0.2, -0.15) is 10.1 Å². The Labute approximate surface area is 213 Å². The van der Waals surface area contributed by atoms with Crippen LogP contribution in [-0.4, -0.2) is 59.0 Å². The zero-order valence-electron chi connectivity index (χ0n) is 20.3. The fraction of sp³-hybridized carbons (Fsp3) is 0.192. The van der Waals surface area contributed by atoms with Gasteiger partial charge in [0.05, 0.1) is 26.3 Å². The summed E-state index contributed by atoms with van der Waals surface area (Å²) in [5.41, 5.74) is 1.47. The fourth-order valence-corrected chi connectivity index (χ4v) is 3.23. The Kier molecular flexibility index (Phi) is 8.27. The maximum atomic E-state index is 12.9. The smallest absolute Gasteiger partial charge is 0.337 e. The van der Waals surface area contributed by atoms with Crippen molar-refractivity contribution in [3.63, 3.8) is 0 Å². The van der Waals surface area contributed by atoms with E-state index in [9.17, 15) is 9.59 Å². The molecular formula is C26H25N5O6. The highest BCUT2D eigenvalue weighted by Crippen LogP contribution is 2.19. The molecule has 0 saturated carbocycles. The van der Waals surface area contributed by atoms with Crippen molar-refractivity contribution in [1.82, 2.24) is 25.1 Å². The third kappa shape index (κ3) is 6.60. The topological polar surface area (TPSA) is 127 Å². The van der Waals surface area contributed by atoms with Crippen molar-refractivity contribution < 1.29 is 28.5 Å². The fourth-order valence-electron chi connectivity index (χ4n) is 3.23. The number of aromatic nitrogens is 4.